The molecule has 0 radical (unpaired) electrons. The van der Waals surface area contributed by atoms with Crippen LogP contribution < -0.4 is 18.9 Å². The number of hydrogen-bond acceptors (Lipinski definition) is 4. The average molecular weight is 1120 g/mol. The predicted molar refractivity (Wildman–Crippen MR) is 256 cm³/mol. The van der Waals surface area contributed by atoms with Crippen molar-refractivity contribution in [3.8, 4) is 17.2 Å². The van der Waals surface area contributed by atoms with Crippen molar-refractivity contribution >= 4 is 13.0 Å². The Hall–Kier alpha value is -4.34. The molecule has 0 fully saturated rings. The Bertz CT molecular complexity index is 1990. The van der Waals surface area contributed by atoms with Gasteiger partial charge in [-0.1, -0.05) is 162 Å². The summed E-state index contributed by atoms with van der Waals surface area (Å²) < 4.78 is 273. The second kappa shape index (κ2) is 30.7. The van der Waals surface area contributed by atoms with E-state index < -0.39 is 113 Å². The third-order valence-corrected chi connectivity index (χ3v) is 12.6. The van der Waals surface area contributed by atoms with Gasteiger partial charge in [-0.3, -0.25) is 0 Å². The van der Waals surface area contributed by atoms with E-state index in [1.165, 1.54) is 19.3 Å². The summed E-state index contributed by atoms with van der Waals surface area (Å²) in [6, 6.07) is -1.58. The van der Waals surface area contributed by atoms with E-state index in [1.54, 1.807) is 0 Å². The lowest BCUT2D eigenvalue weighted by atomic mass is 10.0. The number of benzene rings is 3. The minimum Gasteiger partial charge on any atom is -0.490 e. The van der Waals surface area contributed by atoms with Crippen molar-refractivity contribution < 1.29 is 93.0 Å². The van der Waals surface area contributed by atoms with Gasteiger partial charge in [-0.2, -0.15) is 79.0 Å². The van der Waals surface area contributed by atoms with Crippen molar-refractivity contribution in [1.82, 2.24) is 0 Å². The summed E-state index contributed by atoms with van der Waals surface area (Å²) in [6.45, 7) is 3.66. The van der Waals surface area contributed by atoms with Gasteiger partial charge in [-0.15, -0.1) is 0 Å². The van der Waals surface area contributed by atoms with Gasteiger partial charge in [0.2, 0.25) is 0 Å². The van der Waals surface area contributed by atoms with E-state index in [0.29, 0.717) is 25.7 Å². The van der Waals surface area contributed by atoms with Gasteiger partial charge < -0.3 is 18.9 Å². The van der Waals surface area contributed by atoms with E-state index >= 15 is 13.2 Å². The maximum Gasteiger partial charge on any atom is 0.864 e. The lowest BCUT2D eigenvalue weighted by molar-refractivity contribution is -0.144. The highest BCUT2D eigenvalue weighted by Gasteiger charge is 2.45. The molecule has 0 aromatic heterocycles. The lowest BCUT2D eigenvalue weighted by Gasteiger charge is -2.31. The quantitative estimate of drug-likeness (QED) is 0.0339. The highest BCUT2D eigenvalue weighted by atomic mass is 19.4. The van der Waals surface area contributed by atoms with Crippen LogP contribution in [0.5, 0.6) is 17.2 Å². The van der Waals surface area contributed by atoms with Crippen molar-refractivity contribution in [2.75, 3.05) is 18.0 Å². The normalized spacial score (nSPS) is 12.8. The molecule has 0 bridgehead atoms. The summed E-state index contributed by atoms with van der Waals surface area (Å²) in [5, 5.41) is 0. The first-order valence-electron chi connectivity index (χ1n) is 26.1. The van der Waals surface area contributed by atoms with Crippen molar-refractivity contribution in [3.63, 3.8) is 0 Å². The predicted octanol–water partition coefficient (Wildman–Crippen LogP) is 20.9. The minimum atomic E-state index is -5.65. The molecular formula is C53H68BF18NO3. The zero-order valence-corrected chi connectivity index (χ0v) is 42.8. The van der Waals surface area contributed by atoms with Gasteiger partial charge in [0.1, 0.15) is 17.2 Å². The van der Waals surface area contributed by atoms with E-state index in [1.807, 2.05) is 0 Å². The Kier molecular flexibility index (Phi) is 26.7. The Morgan fingerprint density at radius 3 is 0.842 bits per heavy atom. The van der Waals surface area contributed by atoms with Gasteiger partial charge in [0.25, 0.3) is 0 Å². The summed E-state index contributed by atoms with van der Waals surface area (Å²) in [5.74, 6) is -4.62. The highest BCUT2D eigenvalue weighted by Crippen LogP contribution is 2.48. The molecule has 3 aromatic carbocycles. The van der Waals surface area contributed by atoms with Crippen molar-refractivity contribution in [2.45, 2.75) is 211 Å². The van der Waals surface area contributed by atoms with Crippen LogP contribution in [0.3, 0.4) is 0 Å². The monoisotopic (exact) mass is 1120 g/mol. The smallest absolute Gasteiger partial charge is 0.490 e. The molecule has 0 unspecified atom stereocenters. The molecule has 0 spiro atoms. The molecule has 0 N–H and O–H groups in total. The van der Waals surface area contributed by atoms with Crippen molar-refractivity contribution in [3.05, 3.63) is 81.9 Å². The molecule has 432 valence electrons. The maximum absolute atomic E-state index is 15.2. The maximum atomic E-state index is 15.2. The van der Waals surface area contributed by atoms with Crippen molar-refractivity contribution in [1.29, 1.82) is 0 Å². The molecule has 3 aromatic rings. The SMILES string of the molecule is CCCCCCCCCCCCCCCCN(CCCCCCCCCCCCC)c1c(OB(Oc2cc(C(F)(F)F)cc(C(F)(F)F)c2)Oc2cc(C(F)(F)F)cc(C(F)(F)F)c2)cc(C(F)(F)F)cc1C(F)(F)F. The molecule has 0 atom stereocenters. The zero-order valence-electron chi connectivity index (χ0n) is 42.8. The molecule has 0 saturated heterocycles. The van der Waals surface area contributed by atoms with Crippen molar-refractivity contribution in [2.24, 2.45) is 0 Å². The fraction of sp³-hybridized carbons (Fsp3) is 0.660. The summed E-state index contributed by atoms with van der Waals surface area (Å²) >= 11 is 0. The molecule has 0 aliphatic carbocycles. The first-order valence-corrected chi connectivity index (χ1v) is 26.1. The van der Waals surface area contributed by atoms with Crippen LogP contribution in [-0.2, 0) is 37.1 Å². The Morgan fingerprint density at radius 2 is 0.579 bits per heavy atom. The molecule has 4 nitrogen and oxygen atoms in total. The fourth-order valence-corrected chi connectivity index (χ4v) is 8.59. The second-order valence-corrected chi connectivity index (χ2v) is 19.1. The average Bonchev–Trinajstić information content (AvgIpc) is 3.30. The third-order valence-electron chi connectivity index (χ3n) is 12.6. The number of alkyl halides is 18. The number of nitrogens with zero attached hydrogens (tertiary/aromatic N) is 1. The summed E-state index contributed by atoms with van der Waals surface area (Å²) in [6.07, 6.45) is -11.7. The molecule has 3 rings (SSSR count). The summed E-state index contributed by atoms with van der Waals surface area (Å²) in [4.78, 5) is 1.04. The molecule has 0 heterocycles. The second-order valence-electron chi connectivity index (χ2n) is 19.1. The lowest BCUT2D eigenvalue weighted by Crippen LogP contribution is -2.38. The topological polar surface area (TPSA) is 30.9 Å². The molecule has 23 heteroatoms. The summed E-state index contributed by atoms with van der Waals surface area (Å²) in [5.41, 5.74) is -13.5. The van der Waals surface area contributed by atoms with E-state index in [0.717, 1.165) is 108 Å². The van der Waals surface area contributed by atoms with E-state index in [-0.39, 0.29) is 62.3 Å². The van der Waals surface area contributed by atoms with Crippen LogP contribution in [0.15, 0.2) is 48.5 Å². The molecule has 0 saturated carbocycles. The molecular weight excluding hydrogens is 1050 g/mol. The van der Waals surface area contributed by atoms with Crippen LogP contribution in [0.2, 0.25) is 0 Å². The zero-order chi connectivity index (χ0) is 56.8. The molecule has 76 heavy (non-hydrogen) atoms. The summed E-state index contributed by atoms with van der Waals surface area (Å²) in [7, 11) is -3.28. The van der Waals surface area contributed by atoms with Gasteiger partial charge in [0.05, 0.1) is 39.1 Å². The van der Waals surface area contributed by atoms with Crippen LogP contribution in [0.1, 0.15) is 208 Å². The first-order chi connectivity index (χ1) is 35.4. The van der Waals surface area contributed by atoms with E-state index in [9.17, 15) is 65.9 Å². The van der Waals surface area contributed by atoms with Gasteiger partial charge >= 0.3 is 44.4 Å². The molecule has 0 aliphatic heterocycles. The number of unbranched alkanes of at least 4 members (excludes halogenated alkanes) is 23. The molecule has 0 aliphatic rings. The van der Waals surface area contributed by atoms with Gasteiger partial charge in [0.15, 0.2) is 0 Å². The number of anilines is 1. The Labute approximate surface area is 433 Å². The Morgan fingerprint density at radius 1 is 0.316 bits per heavy atom. The number of halogens is 18. The van der Waals surface area contributed by atoms with Crippen LogP contribution in [0.25, 0.3) is 0 Å². The number of hydrogen-bond donors (Lipinski definition) is 0. The van der Waals surface area contributed by atoms with Gasteiger partial charge in [-0.25, -0.2) is 0 Å². The van der Waals surface area contributed by atoms with Crippen LogP contribution in [0.4, 0.5) is 84.7 Å². The number of rotatable bonds is 34. The van der Waals surface area contributed by atoms with E-state index in [4.69, 9.17) is 14.0 Å². The Balaban J connectivity index is 2.15. The van der Waals surface area contributed by atoms with Gasteiger partial charge in [0, 0.05) is 13.1 Å². The van der Waals surface area contributed by atoms with E-state index in [2.05, 4.69) is 13.8 Å². The van der Waals surface area contributed by atoms with Crippen LogP contribution in [-0.4, -0.2) is 20.4 Å². The van der Waals surface area contributed by atoms with Crippen LogP contribution in [0, 0.1) is 0 Å². The first kappa shape index (κ1) is 65.9. The highest BCUT2D eigenvalue weighted by molar-refractivity contribution is 6.39. The standard InChI is InChI=1S/C53H68BF18NO3/c1-3-5-7-9-11-13-15-16-17-19-21-23-25-27-29-73(28-26-24-22-20-18-14-12-10-8-6-4-2)47-45(53(70,71)72)36-42(52(67,68)69)37-46(47)76-54(74-43-32-38(48(55,56)57)30-39(33-43)49(58,59)60)75-44-34-40(50(61,62)63)31-41(35-44)51(64,65)66/h30-37H,3-29H2,1-2H3. The van der Waals surface area contributed by atoms with Gasteiger partial charge in [-0.05, 0) is 61.4 Å². The third kappa shape index (κ3) is 24.1. The largest absolute Gasteiger partial charge is 0.864 e. The molecule has 0 amide bonds. The van der Waals surface area contributed by atoms with Crippen LogP contribution >= 0.6 is 0 Å². The fourth-order valence-electron chi connectivity index (χ4n) is 8.59. The minimum absolute atomic E-state index is 0.0103.